The molecule has 0 radical (unpaired) electrons. The second-order valence-corrected chi connectivity index (χ2v) is 8.50. The Morgan fingerprint density at radius 1 is 1.25 bits per heavy atom. The third-order valence-corrected chi connectivity index (χ3v) is 5.10. The maximum Gasteiger partial charge on any atom is 0.0791 e. The topological polar surface area (TPSA) is 53.3 Å². The van der Waals surface area contributed by atoms with Crippen LogP contribution in [0.25, 0.3) is 0 Å². The maximum atomic E-state index is 10.3. The van der Waals surface area contributed by atoms with E-state index < -0.39 is 0 Å². The van der Waals surface area contributed by atoms with Gasteiger partial charge < -0.3 is 15.3 Å². The van der Waals surface area contributed by atoms with Crippen LogP contribution < -0.4 is 5.32 Å². The van der Waals surface area contributed by atoms with Gasteiger partial charge in [0.15, 0.2) is 0 Å². The van der Waals surface area contributed by atoms with Crippen LogP contribution in [0.3, 0.4) is 0 Å². The third-order valence-electron chi connectivity index (χ3n) is 5.10. The smallest absolute Gasteiger partial charge is 0.0791 e. The first-order valence-electron chi connectivity index (χ1n) is 9.35. The minimum Gasteiger partial charge on any atom is -0.390 e. The number of nitrogens with zero attached hydrogens (tertiary/aromatic N) is 3. The predicted octanol–water partition coefficient (Wildman–Crippen LogP) is 2.44. The zero-order valence-electron chi connectivity index (χ0n) is 16.4. The van der Waals surface area contributed by atoms with E-state index in [1.165, 1.54) is 24.1 Å². The predicted molar refractivity (Wildman–Crippen MR) is 99.2 cm³/mol. The van der Waals surface area contributed by atoms with E-state index >= 15 is 0 Å². The van der Waals surface area contributed by atoms with Crippen LogP contribution in [0.5, 0.6) is 0 Å². The van der Waals surface area contributed by atoms with Gasteiger partial charge in [0.1, 0.15) is 0 Å². The summed E-state index contributed by atoms with van der Waals surface area (Å²) in [5.74, 6) is 0.835. The highest BCUT2D eigenvalue weighted by molar-refractivity contribution is 5.25. The lowest BCUT2D eigenvalue weighted by Crippen LogP contribution is -2.41. The number of hydrogen-bond acceptors (Lipinski definition) is 4. The number of piperidine rings is 1. The van der Waals surface area contributed by atoms with Crippen molar-refractivity contribution in [1.29, 1.82) is 0 Å². The van der Waals surface area contributed by atoms with E-state index in [0.29, 0.717) is 6.54 Å². The molecule has 1 aromatic heterocycles. The van der Waals surface area contributed by atoms with Crippen LogP contribution in [0.15, 0.2) is 0 Å². The monoisotopic (exact) mass is 336 g/mol. The molecule has 2 rings (SSSR count). The molecule has 1 atom stereocenters. The van der Waals surface area contributed by atoms with E-state index in [0.717, 1.165) is 37.8 Å². The largest absolute Gasteiger partial charge is 0.390 e. The Morgan fingerprint density at radius 2 is 1.88 bits per heavy atom. The van der Waals surface area contributed by atoms with E-state index in [1.807, 2.05) is 0 Å². The van der Waals surface area contributed by atoms with Gasteiger partial charge in [-0.2, -0.15) is 5.10 Å². The molecule has 0 saturated carbocycles. The summed E-state index contributed by atoms with van der Waals surface area (Å²) < 4.78 is 2.10. The lowest BCUT2D eigenvalue weighted by molar-refractivity contribution is 0.0906. The van der Waals surface area contributed by atoms with Crippen molar-refractivity contribution in [2.75, 3.05) is 26.2 Å². The number of rotatable bonds is 6. The summed E-state index contributed by atoms with van der Waals surface area (Å²) in [5, 5.41) is 18.4. The Kier molecular flexibility index (Phi) is 6.46. The first-order valence-corrected chi connectivity index (χ1v) is 9.35. The normalized spacial score (nSPS) is 19.0. The molecule has 5 nitrogen and oxygen atoms in total. The SMILES string of the molecule is Cc1nn(C(C)(C)C)c(C)c1CNCC(O)CN1CCC(C)CC1. The van der Waals surface area contributed by atoms with Gasteiger partial charge in [0.25, 0.3) is 0 Å². The standard InChI is InChI=1S/C19H36N4O/c1-14-7-9-22(10-8-14)13-17(24)11-20-12-18-15(2)21-23(16(18)3)19(4,5)6/h14,17,20,24H,7-13H2,1-6H3. The zero-order chi connectivity index (χ0) is 17.9. The van der Waals surface area contributed by atoms with Crippen molar-refractivity contribution >= 4 is 0 Å². The Labute approximate surface area is 147 Å². The Bertz CT molecular complexity index is 524. The fourth-order valence-corrected chi connectivity index (χ4v) is 3.55. The summed E-state index contributed by atoms with van der Waals surface area (Å²) in [5.41, 5.74) is 3.54. The molecule has 0 bridgehead atoms. The van der Waals surface area contributed by atoms with E-state index in [4.69, 9.17) is 0 Å². The summed E-state index contributed by atoms with van der Waals surface area (Å²) in [4.78, 5) is 2.39. The second kappa shape index (κ2) is 7.98. The number of aliphatic hydroxyl groups excluding tert-OH is 1. The molecule has 2 N–H and O–H groups in total. The average Bonchev–Trinajstić information content (AvgIpc) is 2.77. The molecule has 1 aliphatic heterocycles. The molecule has 1 unspecified atom stereocenters. The van der Waals surface area contributed by atoms with Gasteiger partial charge in [0.05, 0.1) is 17.3 Å². The number of hydrogen-bond donors (Lipinski definition) is 2. The molecule has 5 heteroatoms. The van der Waals surface area contributed by atoms with Crippen LogP contribution in [0.4, 0.5) is 0 Å². The molecule has 0 aromatic carbocycles. The van der Waals surface area contributed by atoms with Crippen LogP contribution in [-0.4, -0.2) is 52.1 Å². The number of aromatic nitrogens is 2. The van der Waals surface area contributed by atoms with Crippen LogP contribution in [0.2, 0.25) is 0 Å². The molecule has 0 aliphatic carbocycles. The quantitative estimate of drug-likeness (QED) is 0.838. The lowest BCUT2D eigenvalue weighted by atomic mass is 9.99. The molecular formula is C19H36N4O. The fraction of sp³-hybridized carbons (Fsp3) is 0.842. The number of β-amino-alcohol motifs (C(OH)–C–C–N with tert-alkyl or cyclic N) is 1. The van der Waals surface area contributed by atoms with Crippen LogP contribution >= 0.6 is 0 Å². The highest BCUT2D eigenvalue weighted by Gasteiger charge is 2.21. The van der Waals surface area contributed by atoms with Crippen molar-refractivity contribution in [2.24, 2.45) is 5.92 Å². The third kappa shape index (κ3) is 5.04. The average molecular weight is 337 g/mol. The molecule has 2 heterocycles. The highest BCUT2D eigenvalue weighted by atomic mass is 16.3. The summed E-state index contributed by atoms with van der Waals surface area (Å²) in [7, 11) is 0. The molecule has 1 fully saturated rings. The zero-order valence-corrected chi connectivity index (χ0v) is 16.4. The first kappa shape index (κ1) is 19.4. The van der Waals surface area contributed by atoms with E-state index in [1.54, 1.807) is 0 Å². The number of nitrogens with one attached hydrogen (secondary N) is 1. The minimum absolute atomic E-state index is 0.00198. The van der Waals surface area contributed by atoms with Gasteiger partial charge in [0.2, 0.25) is 0 Å². The van der Waals surface area contributed by atoms with Crippen LogP contribution in [0, 0.1) is 19.8 Å². The van der Waals surface area contributed by atoms with E-state index in [9.17, 15) is 5.11 Å². The Hall–Kier alpha value is -0.910. The summed E-state index contributed by atoms with van der Waals surface area (Å²) >= 11 is 0. The molecule has 0 amide bonds. The van der Waals surface area contributed by atoms with Crippen LogP contribution in [0.1, 0.15) is 57.5 Å². The van der Waals surface area contributed by atoms with Gasteiger partial charge in [-0.3, -0.25) is 4.68 Å². The fourth-order valence-electron chi connectivity index (χ4n) is 3.55. The van der Waals surface area contributed by atoms with Gasteiger partial charge in [-0.25, -0.2) is 0 Å². The number of aliphatic hydroxyl groups is 1. The molecule has 1 aromatic rings. The van der Waals surface area contributed by atoms with Crippen molar-refractivity contribution < 1.29 is 5.11 Å². The maximum absolute atomic E-state index is 10.3. The molecule has 0 spiro atoms. The van der Waals surface area contributed by atoms with Crippen molar-refractivity contribution in [1.82, 2.24) is 20.0 Å². The number of aryl methyl sites for hydroxylation is 1. The van der Waals surface area contributed by atoms with Gasteiger partial charge in [-0.05, 0) is 66.5 Å². The molecule has 1 aliphatic rings. The lowest BCUT2D eigenvalue weighted by Gasteiger charge is -2.31. The summed E-state index contributed by atoms with van der Waals surface area (Å²) in [6.07, 6.45) is 2.20. The van der Waals surface area contributed by atoms with Gasteiger partial charge in [-0.15, -0.1) is 0 Å². The van der Waals surface area contributed by atoms with Gasteiger partial charge in [-0.1, -0.05) is 6.92 Å². The Morgan fingerprint density at radius 3 is 2.42 bits per heavy atom. The number of likely N-dealkylation sites (tertiary alicyclic amines) is 1. The highest BCUT2D eigenvalue weighted by Crippen LogP contribution is 2.21. The van der Waals surface area contributed by atoms with Crippen molar-refractivity contribution in [2.45, 2.75) is 72.6 Å². The first-order chi connectivity index (χ1) is 11.2. The van der Waals surface area contributed by atoms with Gasteiger partial charge in [0, 0.05) is 30.9 Å². The van der Waals surface area contributed by atoms with Crippen molar-refractivity contribution in [3.63, 3.8) is 0 Å². The van der Waals surface area contributed by atoms with Crippen LogP contribution in [-0.2, 0) is 12.1 Å². The van der Waals surface area contributed by atoms with E-state index in [-0.39, 0.29) is 11.6 Å². The van der Waals surface area contributed by atoms with Gasteiger partial charge >= 0.3 is 0 Å². The van der Waals surface area contributed by atoms with Crippen molar-refractivity contribution in [3.8, 4) is 0 Å². The second-order valence-electron chi connectivity index (χ2n) is 8.50. The molecule has 24 heavy (non-hydrogen) atoms. The summed E-state index contributed by atoms with van der Waals surface area (Å²) in [6, 6.07) is 0. The Balaban J connectivity index is 1.81. The van der Waals surface area contributed by atoms with Crippen molar-refractivity contribution in [3.05, 3.63) is 17.0 Å². The molecular weight excluding hydrogens is 300 g/mol. The molecule has 138 valence electrons. The molecule has 1 saturated heterocycles. The summed E-state index contributed by atoms with van der Waals surface area (Å²) in [6.45, 7) is 17.4. The van der Waals surface area contributed by atoms with E-state index in [2.05, 4.69) is 61.5 Å². The minimum atomic E-state index is -0.309.